The molecule has 0 spiro atoms. The molecule has 0 atom stereocenters. The Labute approximate surface area is 161 Å². The van der Waals surface area contributed by atoms with E-state index in [1.165, 1.54) is 12.1 Å². The second kappa shape index (κ2) is 7.52. The Kier molecular flexibility index (Phi) is 4.76. The number of hydrogen-bond acceptors (Lipinski definition) is 3. The lowest BCUT2D eigenvalue weighted by atomic mass is 10.1. The molecule has 4 aromatic rings. The van der Waals surface area contributed by atoms with Crippen molar-refractivity contribution in [3.8, 4) is 17.0 Å². The van der Waals surface area contributed by atoms with Gasteiger partial charge >= 0.3 is 0 Å². The Balaban J connectivity index is 1.79. The number of para-hydroxylation sites is 1. The van der Waals surface area contributed by atoms with Gasteiger partial charge in [-0.2, -0.15) is 0 Å². The van der Waals surface area contributed by atoms with Crippen molar-refractivity contribution in [3.63, 3.8) is 0 Å². The van der Waals surface area contributed by atoms with Crippen molar-refractivity contribution in [2.45, 2.75) is 6.92 Å². The van der Waals surface area contributed by atoms with Crippen molar-refractivity contribution < 1.29 is 13.9 Å². The van der Waals surface area contributed by atoms with Gasteiger partial charge in [0.25, 0.3) is 5.91 Å². The van der Waals surface area contributed by atoms with E-state index in [2.05, 4.69) is 10.3 Å². The zero-order valence-corrected chi connectivity index (χ0v) is 15.2. The van der Waals surface area contributed by atoms with Crippen LogP contribution in [0.4, 0.5) is 10.2 Å². The zero-order valence-electron chi connectivity index (χ0n) is 15.2. The standard InChI is InChI=1S/C22H18FN3O2/c1-2-28-18-8-4-3-7-17(18)22(27)25-21-20(15-10-12-16(23)13-11-15)24-19-9-5-6-14-26(19)21/h3-14H,2H2,1H3,(H,25,27). The van der Waals surface area contributed by atoms with Gasteiger partial charge in [0.2, 0.25) is 0 Å². The van der Waals surface area contributed by atoms with Gasteiger partial charge in [-0.25, -0.2) is 9.37 Å². The van der Waals surface area contributed by atoms with Crippen LogP contribution < -0.4 is 10.1 Å². The number of fused-ring (bicyclic) bond motifs is 1. The molecule has 2 aromatic carbocycles. The van der Waals surface area contributed by atoms with Crippen molar-refractivity contribution in [1.82, 2.24) is 9.38 Å². The van der Waals surface area contributed by atoms with E-state index < -0.39 is 0 Å². The number of hydrogen-bond donors (Lipinski definition) is 1. The fourth-order valence-corrected chi connectivity index (χ4v) is 3.03. The summed E-state index contributed by atoms with van der Waals surface area (Å²) in [6, 6.07) is 18.7. The van der Waals surface area contributed by atoms with Crippen LogP contribution in [0, 0.1) is 5.82 Å². The third-order valence-electron chi connectivity index (χ3n) is 4.31. The summed E-state index contributed by atoms with van der Waals surface area (Å²) in [4.78, 5) is 17.6. The van der Waals surface area contributed by atoms with E-state index in [4.69, 9.17) is 4.74 Å². The molecule has 140 valence electrons. The minimum atomic E-state index is -0.330. The summed E-state index contributed by atoms with van der Waals surface area (Å²) in [5.41, 5.74) is 2.38. The maximum absolute atomic E-state index is 13.3. The lowest BCUT2D eigenvalue weighted by molar-refractivity contribution is 0.102. The second-order valence-electron chi connectivity index (χ2n) is 6.13. The van der Waals surface area contributed by atoms with Gasteiger partial charge in [-0.05, 0) is 55.5 Å². The predicted molar refractivity (Wildman–Crippen MR) is 106 cm³/mol. The summed E-state index contributed by atoms with van der Waals surface area (Å²) in [5, 5.41) is 2.95. The number of anilines is 1. The lowest BCUT2D eigenvalue weighted by Gasteiger charge is -2.11. The molecule has 0 bridgehead atoms. The molecule has 28 heavy (non-hydrogen) atoms. The number of halogens is 1. The Morgan fingerprint density at radius 3 is 2.61 bits per heavy atom. The molecule has 4 rings (SSSR count). The number of amides is 1. The molecule has 5 nitrogen and oxygen atoms in total. The van der Waals surface area contributed by atoms with Crippen LogP contribution in [0.15, 0.2) is 72.9 Å². The number of nitrogens with zero attached hydrogens (tertiary/aromatic N) is 2. The van der Waals surface area contributed by atoms with E-state index in [-0.39, 0.29) is 11.7 Å². The van der Waals surface area contributed by atoms with Crippen LogP contribution in [0.1, 0.15) is 17.3 Å². The molecule has 1 N–H and O–H groups in total. The molecule has 0 aliphatic rings. The first-order chi connectivity index (χ1) is 13.7. The SMILES string of the molecule is CCOc1ccccc1C(=O)Nc1c(-c2ccc(F)cc2)nc2ccccn12. The molecule has 6 heteroatoms. The predicted octanol–water partition coefficient (Wildman–Crippen LogP) is 4.79. The van der Waals surface area contributed by atoms with E-state index in [1.807, 2.05) is 37.4 Å². The molecule has 2 heterocycles. The van der Waals surface area contributed by atoms with Gasteiger partial charge in [-0.3, -0.25) is 9.20 Å². The monoisotopic (exact) mass is 375 g/mol. The van der Waals surface area contributed by atoms with E-state index in [0.717, 1.165) is 0 Å². The summed E-state index contributed by atoms with van der Waals surface area (Å²) in [5.74, 6) is 0.389. The highest BCUT2D eigenvalue weighted by atomic mass is 19.1. The number of carbonyl (C=O) groups excluding carboxylic acids is 1. The summed E-state index contributed by atoms with van der Waals surface area (Å²) >= 11 is 0. The molecule has 0 fully saturated rings. The maximum Gasteiger partial charge on any atom is 0.260 e. The topological polar surface area (TPSA) is 55.6 Å². The first-order valence-electron chi connectivity index (χ1n) is 8.93. The molecule has 0 saturated heterocycles. The number of imidazole rings is 1. The van der Waals surface area contributed by atoms with E-state index in [1.54, 1.807) is 34.7 Å². The molecular weight excluding hydrogens is 357 g/mol. The van der Waals surface area contributed by atoms with Gasteiger partial charge in [0.15, 0.2) is 0 Å². The van der Waals surface area contributed by atoms with Crippen LogP contribution in [0.3, 0.4) is 0 Å². The zero-order chi connectivity index (χ0) is 19.5. The number of carbonyl (C=O) groups is 1. The van der Waals surface area contributed by atoms with Gasteiger partial charge < -0.3 is 10.1 Å². The third kappa shape index (κ3) is 3.32. The van der Waals surface area contributed by atoms with Crippen molar-refractivity contribution >= 4 is 17.4 Å². The van der Waals surface area contributed by atoms with Gasteiger partial charge in [0.1, 0.15) is 28.7 Å². The number of benzene rings is 2. The fraction of sp³-hybridized carbons (Fsp3) is 0.0909. The van der Waals surface area contributed by atoms with Crippen LogP contribution >= 0.6 is 0 Å². The molecule has 0 saturated carbocycles. The number of pyridine rings is 1. The van der Waals surface area contributed by atoms with Gasteiger partial charge in [-0.1, -0.05) is 18.2 Å². The average Bonchev–Trinajstić information content (AvgIpc) is 3.08. The number of aromatic nitrogens is 2. The van der Waals surface area contributed by atoms with E-state index >= 15 is 0 Å². The highest BCUT2D eigenvalue weighted by Gasteiger charge is 2.19. The molecule has 0 radical (unpaired) electrons. The maximum atomic E-state index is 13.3. The number of nitrogens with one attached hydrogen (secondary N) is 1. The molecule has 0 aliphatic heterocycles. The average molecular weight is 375 g/mol. The lowest BCUT2D eigenvalue weighted by Crippen LogP contribution is -2.15. The van der Waals surface area contributed by atoms with Crippen LogP contribution in [-0.4, -0.2) is 21.9 Å². The minimum absolute atomic E-state index is 0.307. The van der Waals surface area contributed by atoms with E-state index in [9.17, 15) is 9.18 Å². The van der Waals surface area contributed by atoms with Crippen molar-refractivity contribution in [1.29, 1.82) is 0 Å². The molecule has 1 amide bonds. The van der Waals surface area contributed by atoms with Crippen LogP contribution in [0.2, 0.25) is 0 Å². The summed E-state index contributed by atoms with van der Waals surface area (Å²) < 4.78 is 20.7. The number of ether oxygens (including phenoxy) is 1. The summed E-state index contributed by atoms with van der Waals surface area (Å²) in [6.45, 7) is 2.33. The van der Waals surface area contributed by atoms with E-state index in [0.29, 0.717) is 40.6 Å². The van der Waals surface area contributed by atoms with Crippen molar-refractivity contribution in [2.24, 2.45) is 0 Å². The first kappa shape index (κ1) is 17.7. The first-order valence-corrected chi connectivity index (χ1v) is 8.93. The Hall–Kier alpha value is -3.67. The quantitative estimate of drug-likeness (QED) is 0.546. The van der Waals surface area contributed by atoms with Crippen molar-refractivity contribution in [3.05, 3.63) is 84.3 Å². The third-order valence-corrected chi connectivity index (χ3v) is 4.31. The van der Waals surface area contributed by atoms with Gasteiger partial charge in [0.05, 0.1) is 12.2 Å². The van der Waals surface area contributed by atoms with Crippen molar-refractivity contribution in [2.75, 3.05) is 11.9 Å². The second-order valence-corrected chi connectivity index (χ2v) is 6.13. The van der Waals surface area contributed by atoms with Crippen LogP contribution in [0.25, 0.3) is 16.9 Å². The normalized spacial score (nSPS) is 10.8. The Morgan fingerprint density at radius 1 is 1.07 bits per heavy atom. The van der Waals surface area contributed by atoms with Gasteiger partial charge in [-0.15, -0.1) is 0 Å². The largest absolute Gasteiger partial charge is 0.493 e. The van der Waals surface area contributed by atoms with Gasteiger partial charge in [0, 0.05) is 11.8 Å². The highest BCUT2D eigenvalue weighted by molar-refractivity contribution is 6.07. The number of rotatable bonds is 5. The Morgan fingerprint density at radius 2 is 1.82 bits per heavy atom. The van der Waals surface area contributed by atoms with Crippen LogP contribution in [-0.2, 0) is 0 Å². The molecule has 0 aliphatic carbocycles. The minimum Gasteiger partial charge on any atom is -0.493 e. The van der Waals surface area contributed by atoms with Crippen LogP contribution in [0.5, 0.6) is 5.75 Å². The molecular formula is C22H18FN3O2. The smallest absolute Gasteiger partial charge is 0.260 e. The summed E-state index contributed by atoms with van der Waals surface area (Å²) in [6.07, 6.45) is 1.82. The molecule has 2 aromatic heterocycles. The fourth-order valence-electron chi connectivity index (χ4n) is 3.03. The molecule has 0 unspecified atom stereocenters. The summed E-state index contributed by atoms with van der Waals surface area (Å²) in [7, 11) is 0. The highest BCUT2D eigenvalue weighted by Crippen LogP contribution is 2.30. The Bertz CT molecular complexity index is 1140.